The van der Waals surface area contributed by atoms with Gasteiger partial charge in [-0.15, -0.1) is 0 Å². The predicted molar refractivity (Wildman–Crippen MR) is 91.2 cm³/mol. The van der Waals surface area contributed by atoms with Crippen LogP contribution in [0.3, 0.4) is 0 Å². The Morgan fingerprint density at radius 1 is 0.652 bits per heavy atom. The van der Waals surface area contributed by atoms with E-state index < -0.39 is 11.6 Å². The van der Waals surface area contributed by atoms with Gasteiger partial charge in [0.15, 0.2) is 11.6 Å². The van der Waals surface area contributed by atoms with Crippen molar-refractivity contribution in [3.05, 3.63) is 83.9 Å². The van der Waals surface area contributed by atoms with Gasteiger partial charge >= 0.3 is 0 Å². The second kappa shape index (κ2) is 6.74. The monoisotopic (exact) mass is 308 g/mol. The highest BCUT2D eigenvalue weighted by Crippen LogP contribution is 2.31. The maximum Gasteiger partial charge on any atom is 0.167 e. The minimum absolute atomic E-state index is 0.287. The van der Waals surface area contributed by atoms with E-state index in [1.54, 1.807) is 24.3 Å². The van der Waals surface area contributed by atoms with Crippen molar-refractivity contribution in [2.75, 3.05) is 0 Å². The van der Waals surface area contributed by atoms with Crippen LogP contribution in [0.25, 0.3) is 22.3 Å². The van der Waals surface area contributed by atoms with Gasteiger partial charge in [0.1, 0.15) is 0 Å². The van der Waals surface area contributed by atoms with Gasteiger partial charge in [0.2, 0.25) is 0 Å². The van der Waals surface area contributed by atoms with Crippen LogP contribution in [0.1, 0.15) is 18.9 Å². The first-order valence-electron chi connectivity index (χ1n) is 7.83. The van der Waals surface area contributed by atoms with Gasteiger partial charge in [0.25, 0.3) is 0 Å². The summed E-state index contributed by atoms with van der Waals surface area (Å²) in [5, 5.41) is 0. The standard InChI is InChI=1S/C21H18F2/c1-2-6-15-9-11-17(12-10-15)19-14-13-18(20(22)21(19)23)16-7-4-3-5-8-16/h3-5,7-14H,2,6H2,1H3. The van der Waals surface area contributed by atoms with Crippen LogP contribution in [0.2, 0.25) is 0 Å². The van der Waals surface area contributed by atoms with Crippen LogP contribution in [0.5, 0.6) is 0 Å². The third-order valence-corrected chi connectivity index (χ3v) is 3.97. The Hall–Kier alpha value is -2.48. The highest BCUT2D eigenvalue weighted by atomic mass is 19.2. The average Bonchev–Trinajstić information content (AvgIpc) is 2.59. The molecule has 0 nitrogen and oxygen atoms in total. The molecule has 3 aromatic carbocycles. The molecule has 0 aliphatic heterocycles. The molecular formula is C21H18F2. The Kier molecular flexibility index (Phi) is 4.52. The largest absolute Gasteiger partial charge is 0.203 e. The number of halogens is 2. The van der Waals surface area contributed by atoms with Crippen LogP contribution >= 0.6 is 0 Å². The molecule has 0 saturated heterocycles. The van der Waals surface area contributed by atoms with Gasteiger partial charge in [-0.25, -0.2) is 8.78 Å². The third-order valence-electron chi connectivity index (χ3n) is 3.97. The van der Waals surface area contributed by atoms with E-state index in [1.165, 1.54) is 5.56 Å². The highest BCUT2D eigenvalue weighted by Gasteiger charge is 2.15. The summed E-state index contributed by atoms with van der Waals surface area (Å²) in [5.74, 6) is -1.60. The summed E-state index contributed by atoms with van der Waals surface area (Å²) in [6.07, 6.45) is 2.05. The van der Waals surface area contributed by atoms with Crippen molar-refractivity contribution >= 4 is 0 Å². The zero-order valence-corrected chi connectivity index (χ0v) is 13.0. The van der Waals surface area contributed by atoms with E-state index in [0.717, 1.165) is 12.8 Å². The first kappa shape index (κ1) is 15.4. The zero-order valence-electron chi connectivity index (χ0n) is 13.0. The molecule has 0 unspecified atom stereocenters. The number of benzene rings is 3. The first-order valence-corrected chi connectivity index (χ1v) is 7.83. The van der Waals surface area contributed by atoms with Gasteiger partial charge in [-0.2, -0.15) is 0 Å². The molecule has 116 valence electrons. The van der Waals surface area contributed by atoms with Crippen molar-refractivity contribution in [3.8, 4) is 22.3 Å². The zero-order chi connectivity index (χ0) is 16.2. The number of aryl methyl sites for hydroxylation is 1. The summed E-state index contributed by atoms with van der Waals surface area (Å²) in [4.78, 5) is 0. The van der Waals surface area contributed by atoms with Crippen molar-refractivity contribution in [2.45, 2.75) is 19.8 Å². The minimum Gasteiger partial charge on any atom is -0.203 e. The molecule has 0 atom stereocenters. The summed E-state index contributed by atoms with van der Waals surface area (Å²) in [5.41, 5.74) is 3.16. The first-order chi connectivity index (χ1) is 11.2. The van der Waals surface area contributed by atoms with Crippen LogP contribution in [0, 0.1) is 11.6 Å². The summed E-state index contributed by atoms with van der Waals surface area (Å²) < 4.78 is 29.0. The molecule has 0 aromatic heterocycles. The van der Waals surface area contributed by atoms with Gasteiger partial charge in [-0.3, -0.25) is 0 Å². The molecule has 0 heterocycles. The summed E-state index contributed by atoms with van der Waals surface area (Å²) in [7, 11) is 0. The number of hydrogen-bond acceptors (Lipinski definition) is 0. The lowest BCUT2D eigenvalue weighted by atomic mass is 9.98. The van der Waals surface area contributed by atoms with Gasteiger partial charge in [-0.1, -0.05) is 80.1 Å². The van der Waals surface area contributed by atoms with Crippen molar-refractivity contribution in [2.24, 2.45) is 0 Å². The lowest BCUT2D eigenvalue weighted by Crippen LogP contribution is -1.94. The average molecular weight is 308 g/mol. The predicted octanol–water partition coefficient (Wildman–Crippen LogP) is 6.25. The molecule has 0 bridgehead atoms. The fraction of sp³-hybridized carbons (Fsp3) is 0.143. The molecule has 3 rings (SSSR count). The normalized spacial score (nSPS) is 10.7. The second-order valence-corrected chi connectivity index (χ2v) is 5.60. The fourth-order valence-electron chi connectivity index (χ4n) is 2.75. The Bertz CT molecular complexity index is 790. The van der Waals surface area contributed by atoms with E-state index in [2.05, 4.69) is 6.92 Å². The second-order valence-electron chi connectivity index (χ2n) is 5.60. The molecule has 0 aliphatic rings. The van der Waals surface area contributed by atoms with Crippen LogP contribution in [-0.4, -0.2) is 0 Å². The van der Waals surface area contributed by atoms with Crippen molar-refractivity contribution in [1.29, 1.82) is 0 Å². The molecule has 0 aliphatic carbocycles. The highest BCUT2D eigenvalue weighted by molar-refractivity contribution is 5.71. The lowest BCUT2D eigenvalue weighted by Gasteiger charge is -2.10. The SMILES string of the molecule is CCCc1ccc(-c2ccc(-c3ccccc3)c(F)c2F)cc1. The minimum atomic E-state index is -0.800. The Morgan fingerprint density at radius 2 is 1.17 bits per heavy atom. The topological polar surface area (TPSA) is 0 Å². The smallest absolute Gasteiger partial charge is 0.167 e. The summed E-state index contributed by atoms with van der Waals surface area (Å²) >= 11 is 0. The van der Waals surface area contributed by atoms with Gasteiger partial charge in [0.05, 0.1) is 0 Å². The Morgan fingerprint density at radius 3 is 1.70 bits per heavy atom. The maximum absolute atomic E-state index is 14.5. The molecule has 2 heteroatoms. The molecule has 0 radical (unpaired) electrons. The number of rotatable bonds is 4. The third kappa shape index (κ3) is 3.16. The van der Waals surface area contributed by atoms with E-state index >= 15 is 0 Å². The molecular weight excluding hydrogens is 290 g/mol. The van der Waals surface area contributed by atoms with Crippen LogP contribution in [0.15, 0.2) is 66.7 Å². The molecule has 23 heavy (non-hydrogen) atoms. The Balaban J connectivity index is 2.00. The molecule has 0 saturated carbocycles. The molecule has 0 spiro atoms. The van der Waals surface area contributed by atoms with E-state index in [1.807, 2.05) is 42.5 Å². The van der Waals surface area contributed by atoms with Crippen molar-refractivity contribution in [1.82, 2.24) is 0 Å². The van der Waals surface area contributed by atoms with Gasteiger partial charge in [0, 0.05) is 11.1 Å². The van der Waals surface area contributed by atoms with Crippen LogP contribution in [-0.2, 0) is 6.42 Å². The quantitative estimate of drug-likeness (QED) is 0.534. The maximum atomic E-state index is 14.5. The van der Waals surface area contributed by atoms with Gasteiger partial charge in [-0.05, 0) is 23.1 Å². The molecule has 0 N–H and O–H groups in total. The summed E-state index contributed by atoms with van der Waals surface area (Å²) in [6, 6.07) is 20.0. The van der Waals surface area contributed by atoms with Gasteiger partial charge < -0.3 is 0 Å². The van der Waals surface area contributed by atoms with Crippen molar-refractivity contribution < 1.29 is 8.78 Å². The molecule has 0 amide bonds. The molecule has 0 fully saturated rings. The van der Waals surface area contributed by atoms with E-state index in [-0.39, 0.29) is 5.56 Å². The molecule has 3 aromatic rings. The van der Waals surface area contributed by atoms with E-state index in [4.69, 9.17) is 0 Å². The lowest BCUT2D eigenvalue weighted by molar-refractivity contribution is 0.514. The van der Waals surface area contributed by atoms with Crippen molar-refractivity contribution in [3.63, 3.8) is 0 Å². The van der Waals surface area contributed by atoms with E-state index in [9.17, 15) is 8.78 Å². The Labute approximate surface area is 135 Å². The summed E-state index contributed by atoms with van der Waals surface area (Å²) in [6.45, 7) is 2.12. The number of hydrogen-bond donors (Lipinski definition) is 0. The van der Waals surface area contributed by atoms with Crippen LogP contribution < -0.4 is 0 Å². The fourth-order valence-corrected chi connectivity index (χ4v) is 2.75. The van der Waals surface area contributed by atoms with E-state index in [0.29, 0.717) is 16.7 Å². The van der Waals surface area contributed by atoms with Crippen LogP contribution in [0.4, 0.5) is 8.78 Å².